The highest BCUT2D eigenvalue weighted by Gasteiger charge is 2.27. The van der Waals surface area contributed by atoms with Crippen molar-refractivity contribution in [3.63, 3.8) is 0 Å². The number of likely N-dealkylation sites (tertiary alicyclic amines) is 1. The van der Waals surface area contributed by atoms with Crippen LogP contribution >= 0.6 is 0 Å². The number of piperidine rings is 1. The molecule has 1 amide bonds. The lowest BCUT2D eigenvalue weighted by atomic mass is 9.97. The van der Waals surface area contributed by atoms with E-state index < -0.39 is 5.97 Å². The molecule has 1 saturated heterocycles. The number of carboxylic acid groups (broad SMARTS) is 1. The summed E-state index contributed by atoms with van der Waals surface area (Å²) < 4.78 is 0. The van der Waals surface area contributed by atoms with Crippen LogP contribution in [0.5, 0.6) is 0 Å². The molecule has 0 spiro atoms. The summed E-state index contributed by atoms with van der Waals surface area (Å²) in [5, 5.41) is 8.82. The fourth-order valence-electron chi connectivity index (χ4n) is 3.05. The maximum atomic E-state index is 12.4. The third-order valence-corrected chi connectivity index (χ3v) is 4.30. The first kappa shape index (κ1) is 17.2. The molecule has 0 radical (unpaired) electrons. The summed E-state index contributed by atoms with van der Waals surface area (Å²) in [6, 6.07) is 8.97. The smallest absolute Gasteiger partial charge is 0.303 e. The fraction of sp³-hybridized carbons (Fsp3) is 0.500. The van der Waals surface area contributed by atoms with E-state index >= 15 is 0 Å². The molecule has 1 aliphatic heterocycles. The van der Waals surface area contributed by atoms with Crippen LogP contribution in [0.4, 0.5) is 0 Å². The van der Waals surface area contributed by atoms with Gasteiger partial charge in [0.05, 0.1) is 0 Å². The second kappa shape index (κ2) is 8.46. The zero-order chi connectivity index (χ0) is 16.7. The normalized spacial score (nSPS) is 17.7. The van der Waals surface area contributed by atoms with Crippen molar-refractivity contribution in [1.29, 1.82) is 0 Å². The first-order chi connectivity index (χ1) is 11.1. The first-order valence-corrected chi connectivity index (χ1v) is 8.17. The van der Waals surface area contributed by atoms with E-state index in [1.807, 2.05) is 18.2 Å². The van der Waals surface area contributed by atoms with Crippen LogP contribution in [0.3, 0.4) is 0 Å². The third-order valence-electron chi connectivity index (χ3n) is 4.30. The lowest BCUT2D eigenvalue weighted by Crippen LogP contribution is -2.44. The van der Waals surface area contributed by atoms with Crippen LogP contribution in [0.15, 0.2) is 30.3 Å². The summed E-state index contributed by atoms with van der Waals surface area (Å²) >= 11 is 0. The van der Waals surface area contributed by atoms with Gasteiger partial charge in [0.2, 0.25) is 5.91 Å². The Kier molecular flexibility index (Phi) is 6.32. The van der Waals surface area contributed by atoms with Crippen molar-refractivity contribution >= 4 is 17.7 Å². The second-order valence-electron chi connectivity index (χ2n) is 5.96. The molecule has 1 aromatic carbocycles. The number of ketones is 1. The van der Waals surface area contributed by atoms with Gasteiger partial charge in [0.25, 0.3) is 0 Å². The standard InChI is InChI=1S/C18H23NO4/c20-16(14-6-2-1-3-7-14)10-11-17(21)19-13-5-4-8-15(19)9-12-18(22)23/h1-3,6-7,15H,4-5,8-13H2,(H,22,23). The third kappa shape index (κ3) is 5.20. The van der Waals surface area contributed by atoms with Crippen LogP contribution in [0.1, 0.15) is 55.3 Å². The van der Waals surface area contributed by atoms with E-state index in [-0.39, 0.29) is 37.0 Å². The summed E-state index contributed by atoms with van der Waals surface area (Å²) in [7, 11) is 0. The number of amides is 1. The molecule has 5 heteroatoms. The molecule has 1 aromatic rings. The van der Waals surface area contributed by atoms with E-state index in [1.54, 1.807) is 17.0 Å². The van der Waals surface area contributed by atoms with E-state index in [0.29, 0.717) is 18.5 Å². The maximum absolute atomic E-state index is 12.4. The molecule has 124 valence electrons. The SMILES string of the molecule is O=C(O)CCC1CCCCN1C(=O)CCC(=O)c1ccccc1. The zero-order valence-electron chi connectivity index (χ0n) is 13.2. The molecule has 1 aliphatic rings. The molecule has 0 saturated carbocycles. The number of benzene rings is 1. The molecular weight excluding hydrogens is 294 g/mol. The number of hydrogen-bond acceptors (Lipinski definition) is 3. The van der Waals surface area contributed by atoms with Gasteiger partial charge in [-0.3, -0.25) is 14.4 Å². The fourth-order valence-corrected chi connectivity index (χ4v) is 3.05. The van der Waals surface area contributed by atoms with Gasteiger partial charge in [-0.05, 0) is 25.7 Å². The molecule has 1 N–H and O–H groups in total. The highest BCUT2D eigenvalue weighted by molar-refractivity contribution is 5.97. The van der Waals surface area contributed by atoms with Gasteiger partial charge in [0.15, 0.2) is 5.78 Å². The van der Waals surface area contributed by atoms with Crippen LogP contribution in [-0.4, -0.2) is 40.3 Å². The van der Waals surface area contributed by atoms with Crippen LogP contribution in [0.2, 0.25) is 0 Å². The van der Waals surface area contributed by atoms with E-state index in [1.165, 1.54) is 0 Å². The van der Waals surface area contributed by atoms with Crippen molar-refractivity contribution in [2.24, 2.45) is 0 Å². The average molecular weight is 317 g/mol. The number of Topliss-reactive ketones (excluding diaryl/α,β-unsaturated/α-hetero) is 1. The molecular formula is C18H23NO4. The number of rotatable bonds is 7. The van der Waals surface area contributed by atoms with E-state index in [2.05, 4.69) is 0 Å². The van der Waals surface area contributed by atoms with Gasteiger partial charge >= 0.3 is 5.97 Å². The Labute approximate surface area is 136 Å². The van der Waals surface area contributed by atoms with Gasteiger partial charge in [-0.2, -0.15) is 0 Å². The van der Waals surface area contributed by atoms with Crippen LogP contribution < -0.4 is 0 Å². The highest BCUT2D eigenvalue weighted by Crippen LogP contribution is 2.22. The largest absolute Gasteiger partial charge is 0.481 e. The lowest BCUT2D eigenvalue weighted by Gasteiger charge is -2.35. The summed E-state index contributed by atoms with van der Waals surface area (Å²) in [6.07, 6.45) is 3.79. The zero-order valence-corrected chi connectivity index (χ0v) is 13.2. The van der Waals surface area contributed by atoms with Crippen molar-refractivity contribution in [2.45, 2.75) is 51.0 Å². The Balaban J connectivity index is 1.87. The molecule has 2 rings (SSSR count). The second-order valence-corrected chi connectivity index (χ2v) is 5.96. The quantitative estimate of drug-likeness (QED) is 0.785. The summed E-state index contributed by atoms with van der Waals surface area (Å²) in [6.45, 7) is 0.669. The van der Waals surface area contributed by atoms with Gasteiger partial charge < -0.3 is 10.0 Å². The van der Waals surface area contributed by atoms with E-state index in [9.17, 15) is 14.4 Å². The van der Waals surface area contributed by atoms with Crippen molar-refractivity contribution in [2.75, 3.05) is 6.54 Å². The summed E-state index contributed by atoms with van der Waals surface area (Å²) in [4.78, 5) is 37.0. The molecule has 0 bridgehead atoms. The number of nitrogens with zero attached hydrogens (tertiary/aromatic N) is 1. The van der Waals surface area contributed by atoms with Crippen molar-refractivity contribution < 1.29 is 19.5 Å². The highest BCUT2D eigenvalue weighted by atomic mass is 16.4. The predicted octanol–water partition coefficient (Wildman–Crippen LogP) is 2.90. The van der Waals surface area contributed by atoms with E-state index in [4.69, 9.17) is 5.11 Å². The molecule has 5 nitrogen and oxygen atoms in total. The van der Waals surface area contributed by atoms with Gasteiger partial charge in [-0.25, -0.2) is 0 Å². The van der Waals surface area contributed by atoms with Gasteiger partial charge in [0.1, 0.15) is 0 Å². The van der Waals surface area contributed by atoms with Crippen molar-refractivity contribution in [1.82, 2.24) is 4.90 Å². The number of hydrogen-bond donors (Lipinski definition) is 1. The average Bonchev–Trinajstić information content (AvgIpc) is 2.58. The lowest BCUT2D eigenvalue weighted by molar-refractivity contribution is -0.140. The Bertz CT molecular complexity index is 555. The number of carbonyl (C=O) groups excluding carboxylic acids is 2. The maximum Gasteiger partial charge on any atom is 0.303 e. The number of carbonyl (C=O) groups is 3. The monoisotopic (exact) mass is 317 g/mol. The van der Waals surface area contributed by atoms with Gasteiger partial charge in [-0.15, -0.1) is 0 Å². The van der Waals surface area contributed by atoms with Crippen LogP contribution in [-0.2, 0) is 9.59 Å². The topological polar surface area (TPSA) is 74.7 Å². The van der Waals surface area contributed by atoms with Crippen LogP contribution in [0.25, 0.3) is 0 Å². The van der Waals surface area contributed by atoms with Crippen LogP contribution in [0, 0.1) is 0 Å². The number of carboxylic acids is 1. The minimum atomic E-state index is -0.831. The minimum Gasteiger partial charge on any atom is -0.481 e. The molecule has 1 fully saturated rings. The van der Waals surface area contributed by atoms with Gasteiger partial charge in [0, 0.05) is 37.4 Å². The predicted molar refractivity (Wildman–Crippen MR) is 86.2 cm³/mol. The van der Waals surface area contributed by atoms with Crippen molar-refractivity contribution in [3.8, 4) is 0 Å². The Morgan fingerprint density at radius 2 is 1.78 bits per heavy atom. The molecule has 1 atom stereocenters. The molecule has 0 aromatic heterocycles. The Morgan fingerprint density at radius 3 is 2.48 bits per heavy atom. The molecule has 1 unspecified atom stereocenters. The molecule has 0 aliphatic carbocycles. The Hall–Kier alpha value is -2.17. The summed E-state index contributed by atoms with van der Waals surface area (Å²) in [5.74, 6) is -0.898. The molecule has 23 heavy (non-hydrogen) atoms. The Morgan fingerprint density at radius 1 is 1.04 bits per heavy atom. The number of aliphatic carboxylic acids is 1. The van der Waals surface area contributed by atoms with Crippen molar-refractivity contribution in [3.05, 3.63) is 35.9 Å². The van der Waals surface area contributed by atoms with E-state index in [0.717, 1.165) is 19.3 Å². The first-order valence-electron chi connectivity index (χ1n) is 8.17. The minimum absolute atomic E-state index is 0.000762. The molecule has 1 heterocycles. The summed E-state index contributed by atoms with van der Waals surface area (Å²) in [5.41, 5.74) is 0.626. The van der Waals surface area contributed by atoms with Gasteiger partial charge in [-0.1, -0.05) is 30.3 Å².